The quantitative estimate of drug-likeness (QED) is 0.501. The summed E-state index contributed by atoms with van der Waals surface area (Å²) in [7, 11) is 3.02. The highest BCUT2D eigenvalue weighted by Crippen LogP contribution is 2.28. The van der Waals surface area contributed by atoms with Crippen LogP contribution >= 0.6 is 0 Å². The van der Waals surface area contributed by atoms with Crippen molar-refractivity contribution < 1.29 is 19.4 Å². The van der Waals surface area contributed by atoms with E-state index in [0.29, 0.717) is 17.1 Å². The summed E-state index contributed by atoms with van der Waals surface area (Å²) in [6.07, 6.45) is 1.43. The molecule has 0 aliphatic carbocycles. The lowest BCUT2D eigenvalue weighted by Crippen LogP contribution is -2.13. The molecular weight excluding hydrogens is 308 g/mol. The number of carbonyl (C=O) groups excluding carboxylic acids is 1. The highest BCUT2D eigenvalue weighted by molar-refractivity contribution is 6.10. The summed E-state index contributed by atoms with van der Waals surface area (Å²) < 4.78 is 10.3. The van der Waals surface area contributed by atoms with Gasteiger partial charge in [0, 0.05) is 0 Å². The second kappa shape index (κ2) is 7.70. The molecule has 0 aliphatic heterocycles. The minimum atomic E-state index is -0.617. The molecule has 1 amide bonds. The lowest BCUT2D eigenvalue weighted by atomic mass is 10.1. The van der Waals surface area contributed by atoms with Gasteiger partial charge in [-0.05, 0) is 35.9 Å². The molecule has 2 N–H and O–H groups in total. The molecule has 2 rings (SSSR count). The van der Waals surface area contributed by atoms with Crippen molar-refractivity contribution in [1.82, 2.24) is 0 Å². The minimum Gasteiger partial charge on any atom is -0.506 e. The number of methoxy groups -OCH3 is 2. The third kappa shape index (κ3) is 3.84. The third-order valence-corrected chi connectivity index (χ3v) is 3.24. The molecule has 0 unspecified atom stereocenters. The van der Waals surface area contributed by atoms with Gasteiger partial charge in [0.15, 0.2) is 11.5 Å². The smallest absolute Gasteiger partial charge is 0.266 e. The summed E-state index contributed by atoms with van der Waals surface area (Å²) in [4.78, 5) is 12.2. The molecule has 2 aromatic carbocycles. The van der Waals surface area contributed by atoms with Crippen LogP contribution in [0.3, 0.4) is 0 Å². The predicted octanol–water partition coefficient (Wildman–Crippen LogP) is 2.96. The maximum absolute atomic E-state index is 12.2. The molecule has 0 saturated carbocycles. The van der Waals surface area contributed by atoms with Gasteiger partial charge in [0.25, 0.3) is 5.91 Å². The van der Waals surface area contributed by atoms with Crippen LogP contribution < -0.4 is 14.8 Å². The number of hydrogen-bond acceptors (Lipinski definition) is 5. The van der Waals surface area contributed by atoms with E-state index in [4.69, 9.17) is 9.47 Å². The van der Waals surface area contributed by atoms with Crippen molar-refractivity contribution in [3.8, 4) is 23.3 Å². The van der Waals surface area contributed by atoms with Crippen LogP contribution in [0.25, 0.3) is 6.08 Å². The fourth-order valence-corrected chi connectivity index (χ4v) is 2.03. The molecule has 0 spiro atoms. The zero-order valence-corrected chi connectivity index (χ0v) is 13.2. The van der Waals surface area contributed by atoms with Gasteiger partial charge < -0.3 is 19.9 Å². The Hall–Kier alpha value is -3.46. The van der Waals surface area contributed by atoms with Crippen LogP contribution in [0, 0.1) is 11.3 Å². The maximum Gasteiger partial charge on any atom is 0.266 e. The van der Waals surface area contributed by atoms with Gasteiger partial charge in [-0.15, -0.1) is 0 Å². The van der Waals surface area contributed by atoms with Gasteiger partial charge in [0.05, 0.1) is 19.9 Å². The minimum absolute atomic E-state index is 0.0748. The molecule has 0 aliphatic rings. The van der Waals surface area contributed by atoms with Gasteiger partial charge in [0.2, 0.25) is 0 Å². The first-order valence-corrected chi connectivity index (χ1v) is 7.02. The molecule has 24 heavy (non-hydrogen) atoms. The molecule has 0 aromatic heterocycles. The van der Waals surface area contributed by atoms with Crippen molar-refractivity contribution in [3.05, 3.63) is 53.6 Å². The molecule has 6 heteroatoms. The van der Waals surface area contributed by atoms with E-state index in [1.807, 2.05) is 6.07 Å². The molecule has 0 heterocycles. The Labute approximate surface area is 139 Å². The number of para-hydroxylation sites is 2. The number of phenols is 1. The number of phenolic OH excluding ortho intramolecular Hbond substituents is 1. The van der Waals surface area contributed by atoms with Gasteiger partial charge in [-0.3, -0.25) is 4.79 Å². The zero-order valence-electron chi connectivity index (χ0n) is 13.2. The van der Waals surface area contributed by atoms with Crippen molar-refractivity contribution in [1.29, 1.82) is 5.26 Å². The van der Waals surface area contributed by atoms with Gasteiger partial charge in [-0.2, -0.15) is 5.26 Å². The van der Waals surface area contributed by atoms with E-state index in [1.165, 1.54) is 26.4 Å². The number of aromatic hydroxyl groups is 1. The average molecular weight is 324 g/mol. The van der Waals surface area contributed by atoms with Crippen molar-refractivity contribution in [2.24, 2.45) is 0 Å². The number of nitrogens with one attached hydrogen (secondary N) is 1. The van der Waals surface area contributed by atoms with E-state index in [-0.39, 0.29) is 17.0 Å². The van der Waals surface area contributed by atoms with Crippen molar-refractivity contribution in [3.63, 3.8) is 0 Å². The summed E-state index contributed by atoms with van der Waals surface area (Å²) in [5.74, 6) is 0.347. The largest absolute Gasteiger partial charge is 0.506 e. The standard InChI is InChI=1S/C18H16N2O4/c1-23-16-8-7-12(10-17(16)24-2)9-13(11-19)18(22)20-14-5-3-4-6-15(14)21/h3-10,21H,1-2H3,(H,20,22)/b13-9+. The number of amides is 1. The normalized spacial score (nSPS) is 10.6. The Balaban J connectivity index is 2.27. The summed E-state index contributed by atoms with van der Waals surface area (Å²) in [5, 5.41) is 21.4. The van der Waals surface area contributed by atoms with Crippen LogP contribution in [0.4, 0.5) is 5.69 Å². The molecule has 0 fully saturated rings. The maximum atomic E-state index is 12.2. The van der Waals surface area contributed by atoms with Crippen LogP contribution in [-0.2, 0) is 4.79 Å². The molecule has 0 radical (unpaired) electrons. The average Bonchev–Trinajstić information content (AvgIpc) is 2.61. The number of carbonyl (C=O) groups is 1. The van der Waals surface area contributed by atoms with Crippen molar-refractivity contribution in [2.45, 2.75) is 0 Å². The van der Waals surface area contributed by atoms with E-state index in [2.05, 4.69) is 5.32 Å². The number of benzene rings is 2. The van der Waals surface area contributed by atoms with Crippen molar-refractivity contribution in [2.75, 3.05) is 19.5 Å². The Morgan fingerprint density at radius 3 is 2.50 bits per heavy atom. The Bertz CT molecular complexity index is 822. The topological polar surface area (TPSA) is 91.6 Å². The van der Waals surface area contributed by atoms with E-state index in [9.17, 15) is 15.2 Å². The van der Waals surface area contributed by atoms with Crippen LogP contribution in [0.1, 0.15) is 5.56 Å². The second-order valence-corrected chi connectivity index (χ2v) is 4.76. The number of hydrogen-bond donors (Lipinski definition) is 2. The first kappa shape index (κ1) is 16.9. The monoisotopic (exact) mass is 324 g/mol. The van der Waals surface area contributed by atoms with E-state index in [0.717, 1.165) is 0 Å². The number of nitriles is 1. The number of rotatable bonds is 5. The van der Waals surface area contributed by atoms with E-state index < -0.39 is 5.91 Å². The van der Waals surface area contributed by atoms with Crippen LogP contribution in [0.5, 0.6) is 17.2 Å². The van der Waals surface area contributed by atoms with E-state index >= 15 is 0 Å². The molecule has 6 nitrogen and oxygen atoms in total. The first-order chi connectivity index (χ1) is 11.6. The van der Waals surface area contributed by atoms with Gasteiger partial charge in [0.1, 0.15) is 17.4 Å². The third-order valence-electron chi connectivity index (χ3n) is 3.24. The van der Waals surface area contributed by atoms with Crippen LogP contribution in [0.15, 0.2) is 48.0 Å². The second-order valence-electron chi connectivity index (χ2n) is 4.76. The van der Waals surface area contributed by atoms with Gasteiger partial charge in [-0.25, -0.2) is 0 Å². The molecule has 0 atom stereocenters. The molecule has 2 aromatic rings. The summed E-state index contributed by atoms with van der Waals surface area (Å²) in [6.45, 7) is 0. The highest BCUT2D eigenvalue weighted by atomic mass is 16.5. The first-order valence-electron chi connectivity index (χ1n) is 7.02. The zero-order chi connectivity index (χ0) is 17.5. The van der Waals surface area contributed by atoms with Crippen LogP contribution in [-0.4, -0.2) is 25.2 Å². The Morgan fingerprint density at radius 1 is 1.17 bits per heavy atom. The molecule has 0 bridgehead atoms. The number of ether oxygens (including phenoxy) is 2. The number of nitrogens with zero attached hydrogens (tertiary/aromatic N) is 1. The SMILES string of the molecule is COc1ccc(/C=C(\C#N)C(=O)Nc2ccccc2O)cc1OC. The van der Waals surface area contributed by atoms with E-state index in [1.54, 1.807) is 36.4 Å². The number of anilines is 1. The Morgan fingerprint density at radius 2 is 1.88 bits per heavy atom. The van der Waals surface area contributed by atoms with Crippen molar-refractivity contribution >= 4 is 17.7 Å². The lowest BCUT2D eigenvalue weighted by molar-refractivity contribution is -0.112. The summed E-state index contributed by atoms with van der Waals surface area (Å²) in [6, 6.07) is 13.2. The lowest BCUT2D eigenvalue weighted by Gasteiger charge is -2.08. The fourth-order valence-electron chi connectivity index (χ4n) is 2.03. The molecule has 0 saturated heterocycles. The van der Waals surface area contributed by atoms with Gasteiger partial charge >= 0.3 is 0 Å². The summed E-state index contributed by atoms with van der Waals surface area (Å²) >= 11 is 0. The Kier molecular flexibility index (Phi) is 5.42. The van der Waals surface area contributed by atoms with Crippen LogP contribution in [0.2, 0.25) is 0 Å². The molecule has 122 valence electrons. The summed E-state index contributed by atoms with van der Waals surface area (Å²) in [5.41, 5.74) is 0.734. The fraction of sp³-hybridized carbons (Fsp3) is 0.111. The predicted molar refractivity (Wildman–Crippen MR) is 89.9 cm³/mol. The van der Waals surface area contributed by atoms with Gasteiger partial charge in [-0.1, -0.05) is 18.2 Å². The molecular formula is C18H16N2O4. The highest BCUT2D eigenvalue weighted by Gasteiger charge is 2.12.